The maximum atomic E-state index is 11.3. The quantitative estimate of drug-likeness (QED) is 0.537. The lowest BCUT2D eigenvalue weighted by Crippen LogP contribution is -2.52. The van der Waals surface area contributed by atoms with Crippen LogP contribution in [0.4, 0.5) is 0 Å². The van der Waals surface area contributed by atoms with Crippen molar-refractivity contribution in [3.63, 3.8) is 0 Å². The molecular formula is C8H18N2O2. The number of amides is 1. The summed E-state index contributed by atoms with van der Waals surface area (Å²) in [5.41, 5.74) is -0.575. The molecule has 0 saturated heterocycles. The molecule has 4 heteroatoms. The van der Waals surface area contributed by atoms with Gasteiger partial charge in [-0.1, -0.05) is 0 Å². The van der Waals surface area contributed by atoms with Crippen LogP contribution in [0.2, 0.25) is 0 Å². The molecule has 1 amide bonds. The lowest BCUT2D eigenvalue weighted by molar-refractivity contribution is -0.126. The topological polar surface area (TPSA) is 61.4 Å². The van der Waals surface area contributed by atoms with Crippen LogP contribution in [-0.2, 0) is 4.79 Å². The average molecular weight is 174 g/mol. The fourth-order valence-electron chi connectivity index (χ4n) is 0.575. The van der Waals surface area contributed by atoms with Crippen LogP contribution in [0.25, 0.3) is 0 Å². The summed E-state index contributed by atoms with van der Waals surface area (Å²) >= 11 is 0. The highest BCUT2D eigenvalue weighted by Gasteiger charge is 2.24. The van der Waals surface area contributed by atoms with Crippen LogP contribution in [0.1, 0.15) is 20.8 Å². The largest absolute Gasteiger partial charge is 0.392 e. The predicted molar refractivity (Wildman–Crippen MR) is 47.8 cm³/mol. The molecule has 0 aliphatic carbocycles. The van der Waals surface area contributed by atoms with E-state index >= 15 is 0 Å². The Balaban J connectivity index is 3.88. The number of carbonyl (C=O) groups excluding carboxylic acids is 1. The molecule has 1 atom stereocenters. The third-order valence-electron chi connectivity index (χ3n) is 1.75. The van der Waals surface area contributed by atoms with Crippen molar-refractivity contribution >= 4 is 5.91 Å². The van der Waals surface area contributed by atoms with Crippen molar-refractivity contribution in [3.8, 4) is 0 Å². The van der Waals surface area contributed by atoms with Crippen LogP contribution in [0.15, 0.2) is 0 Å². The van der Waals surface area contributed by atoms with Crippen molar-refractivity contribution in [1.29, 1.82) is 0 Å². The van der Waals surface area contributed by atoms with E-state index < -0.39 is 11.6 Å². The van der Waals surface area contributed by atoms with Gasteiger partial charge in [-0.2, -0.15) is 0 Å². The minimum Gasteiger partial charge on any atom is -0.392 e. The van der Waals surface area contributed by atoms with E-state index in [1.165, 1.54) is 0 Å². The van der Waals surface area contributed by atoms with Crippen molar-refractivity contribution in [2.45, 2.75) is 32.4 Å². The van der Waals surface area contributed by atoms with Crippen LogP contribution in [-0.4, -0.2) is 36.2 Å². The second-order valence-corrected chi connectivity index (χ2v) is 3.43. The van der Waals surface area contributed by atoms with E-state index in [9.17, 15) is 4.79 Å². The van der Waals surface area contributed by atoms with Gasteiger partial charge in [0.2, 0.25) is 5.91 Å². The van der Waals surface area contributed by atoms with Gasteiger partial charge in [0.05, 0.1) is 11.6 Å². The maximum Gasteiger partial charge on any atom is 0.239 e. The molecule has 0 unspecified atom stereocenters. The van der Waals surface area contributed by atoms with Gasteiger partial charge < -0.3 is 15.7 Å². The molecule has 0 spiro atoms. The van der Waals surface area contributed by atoms with E-state index in [1.807, 2.05) is 0 Å². The van der Waals surface area contributed by atoms with Gasteiger partial charge in [0.25, 0.3) is 0 Å². The molecule has 12 heavy (non-hydrogen) atoms. The highest BCUT2D eigenvalue weighted by Crippen LogP contribution is 1.99. The molecule has 0 aliphatic heterocycles. The number of likely N-dealkylation sites (N-methyl/N-ethyl adjacent to an activating group) is 1. The Hall–Kier alpha value is -0.610. The zero-order valence-electron chi connectivity index (χ0n) is 8.14. The normalized spacial score (nSPS) is 14.1. The van der Waals surface area contributed by atoms with E-state index in [0.29, 0.717) is 6.54 Å². The zero-order chi connectivity index (χ0) is 9.78. The minimum absolute atomic E-state index is 0.106. The lowest BCUT2D eigenvalue weighted by Gasteiger charge is -2.23. The molecule has 4 nitrogen and oxygen atoms in total. The van der Waals surface area contributed by atoms with E-state index in [0.717, 1.165) is 0 Å². The van der Waals surface area contributed by atoms with Crippen LogP contribution < -0.4 is 10.6 Å². The van der Waals surface area contributed by atoms with E-state index in [2.05, 4.69) is 10.6 Å². The van der Waals surface area contributed by atoms with Crippen molar-refractivity contribution < 1.29 is 9.90 Å². The summed E-state index contributed by atoms with van der Waals surface area (Å²) in [7, 11) is 1.72. The summed E-state index contributed by atoms with van der Waals surface area (Å²) in [6.07, 6.45) is -0.499. The van der Waals surface area contributed by atoms with Gasteiger partial charge in [0, 0.05) is 6.54 Å². The molecule has 0 aromatic rings. The standard InChI is InChI=1S/C8H18N2O2/c1-6(11)5-10-7(12)8(2,3)9-4/h6,9,11H,5H2,1-4H3,(H,10,12)/t6-/m0/s1. The fraction of sp³-hybridized carbons (Fsp3) is 0.875. The molecule has 0 rings (SSSR count). The van der Waals surface area contributed by atoms with E-state index in [4.69, 9.17) is 5.11 Å². The summed E-state index contributed by atoms with van der Waals surface area (Å²) in [6, 6.07) is 0. The predicted octanol–water partition coefficient (Wildman–Crippen LogP) is -0.519. The van der Waals surface area contributed by atoms with Crippen molar-refractivity contribution in [2.24, 2.45) is 0 Å². The molecule has 72 valence electrons. The highest BCUT2D eigenvalue weighted by molar-refractivity contribution is 5.85. The number of aliphatic hydroxyl groups is 1. The second kappa shape index (κ2) is 4.42. The second-order valence-electron chi connectivity index (χ2n) is 3.43. The van der Waals surface area contributed by atoms with E-state index in [-0.39, 0.29) is 5.91 Å². The summed E-state index contributed by atoms with van der Waals surface area (Å²) in [5.74, 6) is -0.106. The first-order valence-electron chi connectivity index (χ1n) is 4.05. The first kappa shape index (κ1) is 11.4. The smallest absolute Gasteiger partial charge is 0.239 e. The van der Waals surface area contributed by atoms with E-state index in [1.54, 1.807) is 27.8 Å². The number of rotatable bonds is 4. The Bertz CT molecular complexity index is 155. The van der Waals surface area contributed by atoms with Crippen molar-refractivity contribution in [1.82, 2.24) is 10.6 Å². The molecular weight excluding hydrogens is 156 g/mol. The minimum atomic E-state index is -0.575. The molecule has 0 aromatic heterocycles. The lowest BCUT2D eigenvalue weighted by atomic mass is 10.1. The number of nitrogens with one attached hydrogen (secondary N) is 2. The molecule has 0 aromatic carbocycles. The molecule has 0 saturated carbocycles. The Morgan fingerprint density at radius 2 is 2.08 bits per heavy atom. The Labute approximate surface area is 73.3 Å². The van der Waals surface area contributed by atoms with Gasteiger partial charge in [0.1, 0.15) is 0 Å². The Kier molecular flexibility index (Phi) is 4.20. The zero-order valence-corrected chi connectivity index (χ0v) is 8.14. The van der Waals surface area contributed by atoms with Crippen LogP contribution in [0, 0.1) is 0 Å². The van der Waals surface area contributed by atoms with Gasteiger partial charge in [-0.3, -0.25) is 4.79 Å². The number of carbonyl (C=O) groups is 1. The van der Waals surface area contributed by atoms with Gasteiger partial charge in [0.15, 0.2) is 0 Å². The van der Waals surface area contributed by atoms with Crippen molar-refractivity contribution in [3.05, 3.63) is 0 Å². The van der Waals surface area contributed by atoms with Crippen molar-refractivity contribution in [2.75, 3.05) is 13.6 Å². The first-order chi connectivity index (χ1) is 5.40. The average Bonchev–Trinajstić information content (AvgIpc) is 2.00. The van der Waals surface area contributed by atoms with Gasteiger partial charge in [-0.05, 0) is 27.8 Å². The SMILES string of the molecule is CNC(C)(C)C(=O)NC[C@H](C)O. The fourth-order valence-corrected chi connectivity index (χ4v) is 0.575. The summed E-state index contributed by atoms with van der Waals surface area (Å²) < 4.78 is 0. The van der Waals surface area contributed by atoms with Crippen LogP contribution in [0.5, 0.6) is 0 Å². The third-order valence-corrected chi connectivity index (χ3v) is 1.75. The van der Waals surface area contributed by atoms with Gasteiger partial charge >= 0.3 is 0 Å². The summed E-state index contributed by atoms with van der Waals surface area (Å²) in [5, 5.41) is 14.4. The molecule has 0 fully saturated rings. The van der Waals surface area contributed by atoms with Gasteiger partial charge in [-0.25, -0.2) is 0 Å². The third kappa shape index (κ3) is 3.69. The molecule has 0 heterocycles. The first-order valence-corrected chi connectivity index (χ1v) is 4.05. The molecule has 0 bridgehead atoms. The number of hydrogen-bond acceptors (Lipinski definition) is 3. The summed E-state index contributed by atoms with van der Waals surface area (Å²) in [6.45, 7) is 5.49. The Morgan fingerprint density at radius 3 is 2.42 bits per heavy atom. The van der Waals surface area contributed by atoms with Crippen LogP contribution in [0.3, 0.4) is 0 Å². The highest BCUT2D eigenvalue weighted by atomic mass is 16.3. The molecule has 3 N–H and O–H groups in total. The van der Waals surface area contributed by atoms with Gasteiger partial charge in [-0.15, -0.1) is 0 Å². The number of aliphatic hydroxyl groups excluding tert-OH is 1. The number of hydrogen-bond donors (Lipinski definition) is 3. The Morgan fingerprint density at radius 1 is 1.58 bits per heavy atom. The molecule has 0 aliphatic rings. The maximum absolute atomic E-state index is 11.3. The molecule has 0 radical (unpaired) electrons. The monoisotopic (exact) mass is 174 g/mol. The summed E-state index contributed by atoms with van der Waals surface area (Å²) in [4.78, 5) is 11.3. The van der Waals surface area contributed by atoms with Crippen LogP contribution >= 0.6 is 0 Å².